The molecule has 3 heterocycles. The van der Waals surface area contributed by atoms with E-state index >= 15 is 0 Å². The maximum Gasteiger partial charge on any atom is 0.306 e. The third-order valence-corrected chi connectivity index (χ3v) is 4.96. The highest BCUT2D eigenvalue weighted by atomic mass is 16.5. The molecule has 0 radical (unpaired) electrons. The predicted molar refractivity (Wildman–Crippen MR) is 102 cm³/mol. The van der Waals surface area contributed by atoms with Gasteiger partial charge >= 0.3 is 5.88 Å². The lowest BCUT2D eigenvalue weighted by Gasteiger charge is -2.25. The SMILES string of the molecule is Nc1c2c(nc[n+]1Cc1ccccc1)Oc1cc(O)ccc1[C@H]2c1ccco1. The van der Waals surface area contributed by atoms with Gasteiger partial charge < -0.3 is 20.0 Å². The van der Waals surface area contributed by atoms with Crippen LogP contribution in [0.3, 0.4) is 0 Å². The first-order chi connectivity index (χ1) is 13.7. The highest BCUT2D eigenvalue weighted by Crippen LogP contribution is 2.48. The normalized spacial score (nSPS) is 14.8. The summed E-state index contributed by atoms with van der Waals surface area (Å²) in [6, 6.07) is 18.9. The van der Waals surface area contributed by atoms with Crippen LogP contribution < -0.4 is 15.0 Å². The Morgan fingerprint density at radius 1 is 1.07 bits per heavy atom. The van der Waals surface area contributed by atoms with Crippen molar-refractivity contribution in [3.63, 3.8) is 0 Å². The third kappa shape index (κ3) is 2.66. The van der Waals surface area contributed by atoms with Crippen LogP contribution in [0.5, 0.6) is 17.4 Å². The molecule has 0 fully saturated rings. The minimum absolute atomic E-state index is 0.128. The maximum absolute atomic E-state index is 9.86. The van der Waals surface area contributed by atoms with Crippen LogP contribution in [0.25, 0.3) is 0 Å². The smallest absolute Gasteiger partial charge is 0.306 e. The van der Waals surface area contributed by atoms with Gasteiger partial charge in [0.15, 0.2) is 0 Å². The van der Waals surface area contributed by atoms with Gasteiger partial charge in [-0.2, -0.15) is 0 Å². The van der Waals surface area contributed by atoms with E-state index in [4.69, 9.17) is 14.9 Å². The molecule has 2 aromatic heterocycles. The number of nitrogens with two attached hydrogens (primary N) is 1. The van der Waals surface area contributed by atoms with Crippen LogP contribution in [0.1, 0.15) is 28.4 Å². The zero-order chi connectivity index (χ0) is 19.1. The zero-order valence-electron chi connectivity index (χ0n) is 14.9. The van der Waals surface area contributed by atoms with Crippen LogP contribution in [-0.2, 0) is 6.54 Å². The van der Waals surface area contributed by atoms with Crippen molar-refractivity contribution in [1.82, 2.24) is 4.98 Å². The molecule has 6 heteroatoms. The van der Waals surface area contributed by atoms with Gasteiger partial charge in [-0.05, 0) is 23.8 Å². The molecule has 138 valence electrons. The Kier molecular flexibility index (Phi) is 3.76. The Bertz CT molecular complexity index is 1140. The maximum atomic E-state index is 9.86. The minimum Gasteiger partial charge on any atom is -0.508 e. The summed E-state index contributed by atoms with van der Waals surface area (Å²) in [5.74, 6) is 2.12. The van der Waals surface area contributed by atoms with E-state index in [1.807, 2.05) is 53.1 Å². The number of nitrogen functional groups attached to an aromatic ring is 1. The average molecular weight is 372 g/mol. The molecule has 1 aliphatic rings. The molecular weight excluding hydrogens is 354 g/mol. The first-order valence-corrected chi connectivity index (χ1v) is 8.96. The Morgan fingerprint density at radius 2 is 1.93 bits per heavy atom. The minimum atomic E-state index is -0.273. The molecule has 3 N–H and O–H groups in total. The molecule has 1 aliphatic heterocycles. The molecule has 0 saturated heterocycles. The van der Waals surface area contributed by atoms with E-state index in [-0.39, 0.29) is 11.7 Å². The highest BCUT2D eigenvalue weighted by molar-refractivity contribution is 5.61. The summed E-state index contributed by atoms with van der Waals surface area (Å²) in [5.41, 5.74) is 9.33. The van der Waals surface area contributed by atoms with Crippen molar-refractivity contribution < 1.29 is 18.8 Å². The van der Waals surface area contributed by atoms with Crippen LogP contribution in [0, 0.1) is 0 Å². The van der Waals surface area contributed by atoms with Gasteiger partial charge in [-0.25, -0.2) is 4.57 Å². The number of anilines is 1. The van der Waals surface area contributed by atoms with Crippen molar-refractivity contribution >= 4 is 5.82 Å². The number of rotatable bonds is 3. The van der Waals surface area contributed by atoms with Gasteiger partial charge in [-0.1, -0.05) is 41.4 Å². The van der Waals surface area contributed by atoms with Crippen molar-refractivity contribution in [1.29, 1.82) is 0 Å². The molecule has 0 unspecified atom stereocenters. The molecular formula is C22H18N3O3+. The number of furan rings is 1. The van der Waals surface area contributed by atoms with Gasteiger partial charge in [-0.15, -0.1) is 0 Å². The summed E-state index contributed by atoms with van der Waals surface area (Å²) >= 11 is 0. The molecule has 0 aliphatic carbocycles. The molecule has 5 rings (SSSR count). The number of ether oxygens (including phenoxy) is 1. The first-order valence-electron chi connectivity index (χ1n) is 8.96. The molecule has 1 atom stereocenters. The van der Waals surface area contributed by atoms with Crippen LogP contribution in [0.15, 0.2) is 77.7 Å². The average Bonchev–Trinajstić information content (AvgIpc) is 3.24. The lowest BCUT2D eigenvalue weighted by Crippen LogP contribution is -2.40. The molecule has 28 heavy (non-hydrogen) atoms. The van der Waals surface area contributed by atoms with Crippen molar-refractivity contribution in [2.24, 2.45) is 0 Å². The first kappa shape index (κ1) is 16.4. The zero-order valence-corrected chi connectivity index (χ0v) is 14.9. The molecule has 0 spiro atoms. The number of phenols is 1. The summed E-state index contributed by atoms with van der Waals surface area (Å²) in [4.78, 5) is 4.50. The standard InChI is InChI=1S/C22H17N3O3/c23-21-20-19(17-7-4-10-27-17)16-9-8-15(26)11-18(16)28-22(20)24-13-25(21)12-14-5-2-1-3-6-14/h1-11,13,19,23,26H,12H2/p+1/t19-/m0/s1. The summed E-state index contributed by atoms with van der Waals surface area (Å²) in [6.07, 6.45) is 3.31. The summed E-state index contributed by atoms with van der Waals surface area (Å²) in [6.45, 7) is 0.597. The molecule has 0 saturated carbocycles. The molecule has 4 aromatic rings. The quantitative estimate of drug-likeness (QED) is 0.473. The van der Waals surface area contributed by atoms with E-state index in [0.717, 1.165) is 22.5 Å². The van der Waals surface area contributed by atoms with Crippen LogP contribution in [0.2, 0.25) is 0 Å². The van der Waals surface area contributed by atoms with Crippen molar-refractivity contribution in [3.8, 4) is 17.4 Å². The van der Waals surface area contributed by atoms with E-state index in [1.54, 1.807) is 24.7 Å². The third-order valence-electron chi connectivity index (χ3n) is 4.96. The number of nitrogens with zero attached hydrogens (tertiary/aromatic N) is 2. The number of hydrogen-bond acceptors (Lipinski definition) is 5. The molecule has 6 nitrogen and oxygen atoms in total. The van der Waals surface area contributed by atoms with Gasteiger partial charge in [0.2, 0.25) is 12.1 Å². The topological polar surface area (TPSA) is 85.4 Å². The van der Waals surface area contributed by atoms with Crippen molar-refractivity contribution in [2.45, 2.75) is 12.5 Å². The lowest BCUT2D eigenvalue weighted by atomic mass is 9.87. The Labute approximate surface area is 161 Å². The van der Waals surface area contributed by atoms with Gasteiger partial charge in [0.25, 0.3) is 0 Å². The number of benzene rings is 2. The number of fused-ring (bicyclic) bond motifs is 2. The Morgan fingerprint density at radius 3 is 2.71 bits per heavy atom. The van der Waals surface area contributed by atoms with Gasteiger partial charge in [0, 0.05) is 11.6 Å². The fraction of sp³-hybridized carbons (Fsp3) is 0.0909. The van der Waals surface area contributed by atoms with E-state index < -0.39 is 0 Å². The van der Waals surface area contributed by atoms with E-state index in [1.165, 1.54) is 0 Å². The van der Waals surface area contributed by atoms with Crippen LogP contribution in [-0.4, -0.2) is 10.1 Å². The largest absolute Gasteiger partial charge is 0.508 e. The fourth-order valence-corrected chi connectivity index (χ4v) is 3.64. The summed E-state index contributed by atoms with van der Waals surface area (Å²) in [5, 5.41) is 9.86. The van der Waals surface area contributed by atoms with Gasteiger partial charge in [0.05, 0.1) is 18.7 Å². The summed E-state index contributed by atoms with van der Waals surface area (Å²) in [7, 11) is 0. The van der Waals surface area contributed by atoms with Crippen LogP contribution >= 0.6 is 0 Å². The fourth-order valence-electron chi connectivity index (χ4n) is 3.64. The van der Waals surface area contributed by atoms with E-state index in [9.17, 15) is 5.11 Å². The Balaban J connectivity index is 1.67. The second-order valence-corrected chi connectivity index (χ2v) is 6.73. The summed E-state index contributed by atoms with van der Waals surface area (Å²) < 4.78 is 13.6. The van der Waals surface area contributed by atoms with E-state index in [0.29, 0.717) is 24.0 Å². The highest BCUT2D eigenvalue weighted by Gasteiger charge is 2.37. The number of aromatic nitrogens is 2. The Hall–Kier alpha value is -3.80. The lowest BCUT2D eigenvalue weighted by molar-refractivity contribution is -0.677. The predicted octanol–water partition coefficient (Wildman–Crippen LogP) is 3.58. The van der Waals surface area contributed by atoms with Gasteiger partial charge in [0.1, 0.15) is 22.8 Å². The second-order valence-electron chi connectivity index (χ2n) is 6.73. The number of phenolic OH excluding ortho intramolecular Hbond substituents is 1. The van der Waals surface area contributed by atoms with Gasteiger partial charge in [-0.3, -0.25) is 0 Å². The van der Waals surface area contributed by atoms with Crippen LogP contribution in [0.4, 0.5) is 5.82 Å². The number of aromatic hydroxyl groups is 1. The molecule has 0 bridgehead atoms. The molecule has 0 amide bonds. The molecule has 2 aromatic carbocycles. The second kappa shape index (κ2) is 6.42. The van der Waals surface area contributed by atoms with Crippen molar-refractivity contribution in [2.75, 3.05) is 5.73 Å². The van der Waals surface area contributed by atoms with Crippen molar-refractivity contribution in [3.05, 3.63) is 95.7 Å². The number of hydrogen-bond donors (Lipinski definition) is 2. The van der Waals surface area contributed by atoms with E-state index in [2.05, 4.69) is 4.98 Å². The monoisotopic (exact) mass is 372 g/mol.